The zero-order chi connectivity index (χ0) is 16.0. The number of halogens is 3. The molecule has 4 rings (SSSR count). The standard InChI is InChI=1S/C19H18F3N/c20-19(21,22)17-9-4-3-7-14(17)16-12-23-11-5-10-18(23)15-8-2-1-6-13(15)16/h1-4,6-9,16,18H,5,10-12H2/t16-,18-/m1/s1. The smallest absolute Gasteiger partial charge is 0.295 e. The zero-order valence-corrected chi connectivity index (χ0v) is 12.7. The average molecular weight is 317 g/mol. The van der Waals surface area contributed by atoms with Crippen molar-refractivity contribution in [3.8, 4) is 0 Å². The van der Waals surface area contributed by atoms with E-state index in [0.717, 1.165) is 24.9 Å². The van der Waals surface area contributed by atoms with E-state index < -0.39 is 11.7 Å². The molecule has 0 aromatic heterocycles. The molecule has 2 heterocycles. The van der Waals surface area contributed by atoms with Gasteiger partial charge in [0.15, 0.2) is 0 Å². The number of fused-ring (bicyclic) bond motifs is 3. The first-order valence-corrected chi connectivity index (χ1v) is 8.04. The second-order valence-electron chi connectivity index (χ2n) is 6.42. The molecule has 4 heteroatoms. The molecule has 0 N–H and O–H groups in total. The van der Waals surface area contributed by atoms with Crippen molar-refractivity contribution in [1.29, 1.82) is 0 Å². The highest BCUT2D eigenvalue weighted by Gasteiger charge is 2.40. The Morgan fingerprint density at radius 1 is 0.870 bits per heavy atom. The SMILES string of the molecule is FC(F)(F)c1ccccc1[C@@H]1CN2CCC[C@@H]2c2ccccc21. The van der Waals surface area contributed by atoms with Gasteiger partial charge in [-0.1, -0.05) is 42.5 Å². The lowest BCUT2D eigenvalue weighted by Gasteiger charge is -2.38. The monoisotopic (exact) mass is 317 g/mol. The molecule has 0 bridgehead atoms. The van der Waals surface area contributed by atoms with Gasteiger partial charge in [-0.3, -0.25) is 4.90 Å². The van der Waals surface area contributed by atoms with Gasteiger partial charge < -0.3 is 0 Å². The lowest BCUT2D eigenvalue weighted by molar-refractivity contribution is -0.138. The highest BCUT2D eigenvalue weighted by Crippen LogP contribution is 2.46. The summed E-state index contributed by atoms with van der Waals surface area (Å²) in [7, 11) is 0. The fourth-order valence-corrected chi connectivity index (χ4v) is 4.19. The van der Waals surface area contributed by atoms with Gasteiger partial charge in [-0.05, 0) is 42.1 Å². The fraction of sp³-hybridized carbons (Fsp3) is 0.368. The summed E-state index contributed by atoms with van der Waals surface area (Å²) in [6.45, 7) is 1.65. The van der Waals surface area contributed by atoms with Crippen LogP contribution in [0.5, 0.6) is 0 Å². The molecule has 0 unspecified atom stereocenters. The fourth-order valence-electron chi connectivity index (χ4n) is 4.19. The van der Waals surface area contributed by atoms with Gasteiger partial charge in [-0.15, -0.1) is 0 Å². The predicted octanol–water partition coefficient (Wildman–Crippen LogP) is 4.99. The molecule has 1 nitrogen and oxygen atoms in total. The minimum Gasteiger partial charge on any atom is -0.295 e. The molecule has 2 aliphatic heterocycles. The first-order valence-electron chi connectivity index (χ1n) is 8.04. The minimum atomic E-state index is -4.31. The summed E-state index contributed by atoms with van der Waals surface area (Å²) in [5.74, 6) is -0.210. The van der Waals surface area contributed by atoms with E-state index >= 15 is 0 Å². The summed E-state index contributed by atoms with van der Waals surface area (Å²) >= 11 is 0. The molecule has 0 amide bonds. The molecule has 2 aromatic rings. The van der Waals surface area contributed by atoms with Crippen LogP contribution in [0.15, 0.2) is 48.5 Å². The predicted molar refractivity (Wildman–Crippen MR) is 83.3 cm³/mol. The lowest BCUT2D eigenvalue weighted by Crippen LogP contribution is -2.35. The molecule has 2 aromatic carbocycles. The van der Waals surface area contributed by atoms with E-state index in [1.807, 2.05) is 18.2 Å². The van der Waals surface area contributed by atoms with Gasteiger partial charge in [0.1, 0.15) is 0 Å². The summed E-state index contributed by atoms with van der Waals surface area (Å²) in [6.07, 6.45) is -2.09. The van der Waals surface area contributed by atoms with Crippen molar-refractivity contribution in [3.05, 3.63) is 70.8 Å². The van der Waals surface area contributed by atoms with E-state index in [0.29, 0.717) is 18.2 Å². The van der Waals surface area contributed by atoms with Crippen molar-refractivity contribution in [2.45, 2.75) is 31.0 Å². The highest BCUT2D eigenvalue weighted by molar-refractivity contribution is 5.46. The molecule has 0 radical (unpaired) electrons. The van der Waals surface area contributed by atoms with Crippen molar-refractivity contribution >= 4 is 0 Å². The normalized spacial score (nSPS) is 24.3. The van der Waals surface area contributed by atoms with Crippen LogP contribution >= 0.6 is 0 Å². The van der Waals surface area contributed by atoms with E-state index in [1.165, 1.54) is 17.7 Å². The summed E-state index contributed by atoms with van der Waals surface area (Å²) in [5.41, 5.74) is 2.17. The maximum absolute atomic E-state index is 13.4. The summed E-state index contributed by atoms with van der Waals surface area (Å²) in [6, 6.07) is 14.4. The van der Waals surface area contributed by atoms with Crippen LogP contribution in [-0.2, 0) is 6.18 Å². The van der Waals surface area contributed by atoms with E-state index in [1.54, 1.807) is 12.1 Å². The van der Waals surface area contributed by atoms with E-state index in [9.17, 15) is 13.2 Å². The second-order valence-corrected chi connectivity index (χ2v) is 6.42. The Morgan fingerprint density at radius 3 is 2.26 bits per heavy atom. The molecule has 2 atom stereocenters. The molecule has 1 fully saturated rings. The summed E-state index contributed by atoms with van der Waals surface area (Å²) < 4.78 is 40.3. The molecule has 23 heavy (non-hydrogen) atoms. The van der Waals surface area contributed by atoms with Crippen molar-refractivity contribution in [2.75, 3.05) is 13.1 Å². The third-order valence-corrected chi connectivity index (χ3v) is 5.15. The number of alkyl halides is 3. The van der Waals surface area contributed by atoms with Crippen LogP contribution in [0.4, 0.5) is 13.2 Å². The quantitative estimate of drug-likeness (QED) is 0.716. The van der Waals surface area contributed by atoms with Gasteiger partial charge in [-0.25, -0.2) is 0 Å². The molecular formula is C19H18F3N. The third kappa shape index (κ3) is 2.45. The van der Waals surface area contributed by atoms with Crippen LogP contribution in [0, 0.1) is 0 Å². The van der Waals surface area contributed by atoms with Crippen molar-refractivity contribution < 1.29 is 13.2 Å². The van der Waals surface area contributed by atoms with Gasteiger partial charge >= 0.3 is 6.18 Å². The van der Waals surface area contributed by atoms with Gasteiger partial charge in [0.2, 0.25) is 0 Å². The van der Waals surface area contributed by atoms with Crippen LogP contribution in [0.2, 0.25) is 0 Å². The maximum atomic E-state index is 13.4. The molecule has 0 saturated carbocycles. The molecular weight excluding hydrogens is 299 g/mol. The van der Waals surface area contributed by atoms with E-state index in [4.69, 9.17) is 0 Å². The van der Waals surface area contributed by atoms with Gasteiger partial charge in [0.25, 0.3) is 0 Å². The van der Waals surface area contributed by atoms with E-state index in [2.05, 4.69) is 11.0 Å². The molecule has 0 spiro atoms. The zero-order valence-electron chi connectivity index (χ0n) is 12.7. The Balaban J connectivity index is 1.86. The van der Waals surface area contributed by atoms with Gasteiger partial charge in [0.05, 0.1) is 5.56 Å². The molecule has 0 aliphatic carbocycles. The Bertz CT molecular complexity index is 723. The van der Waals surface area contributed by atoms with Gasteiger partial charge in [0, 0.05) is 18.5 Å². The number of hydrogen-bond acceptors (Lipinski definition) is 1. The first-order chi connectivity index (χ1) is 11.1. The molecule has 2 aliphatic rings. The highest BCUT2D eigenvalue weighted by atomic mass is 19.4. The number of hydrogen-bond donors (Lipinski definition) is 0. The van der Waals surface area contributed by atoms with Crippen LogP contribution in [0.1, 0.15) is 47.1 Å². The minimum absolute atomic E-state index is 0.210. The summed E-state index contributed by atoms with van der Waals surface area (Å²) in [5, 5.41) is 0. The molecule has 1 saturated heterocycles. The Kier molecular flexibility index (Phi) is 3.45. The first kappa shape index (κ1) is 14.8. The second kappa shape index (κ2) is 5.38. The van der Waals surface area contributed by atoms with Crippen molar-refractivity contribution in [1.82, 2.24) is 4.90 Å². The topological polar surface area (TPSA) is 3.24 Å². The number of benzene rings is 2. The lowest BCUT2D eigenvalue weighted by atomic mass is 9.80. The largest absolute Gasteiger partial charge is 0.416 e. The van der Waals surface area contributed by atoms with Gasteiger partial charge in [-0.2, -0.15) is 13.2 Å². The summed E-state index contributed by atoms with van der Waals surface area (Å²) in [4.78, 5) is 2.35. The average Bonchev–Trinajstić information content (AvgIpc) is 3.02. The van der Waals surface area contributed by atoms with Crippen LogP contribution < -0.4 is 0 Å². The number of rotatable bonds is 1. The maximum Gasteiger partial charge on any atom is 0.416 e. The van der Waals surface area contributed by atoms with E-state index in [-0.39, 0.29) is 5.92 Å². The van der Waals surface area contributed by atoms with Crippen molar-refractivity contribution in [2.24, 2.45) is 0 Å². The van der Waals surface area contributed by atoms with Crippen molar-refractivity contribution in [3.63, 3.8) is 0 Å². The van der Waals surface area contributed by atoms with Crippen LogP contribution in [0.25, 0.3) is 0 Å². The Labute approximate surface area is 133 Å². The van der Waals surface area contributed by atoms with Crippen LogP contribution in [-0.4, -0.2) is 18.0 Å². The van der Waals surface area contributed by atoms with Crippen LogP contribution in [0.3, 0.4) is 0 Å². The Morgan fingerprint density at radius 2 is 1.52 bits per heavy atom. The third-order valence-electron chi connectivity index (χ3n) is 5.15. The Hall–Kier alpha value is -1.81. The molecule has 120 valence electrons. The number of nitrogens with zero attached hydrogens (tertiary/aromatic N) is 1.